The number of hydrogen-bond donors (Lipinski definition) is 1. The van der Waals surface area contributed by atoms with Gasteiger partial charge in [-0.3, -0.25) is 14.0 Å². The summed E-state index contributed by atoms with van der Waals surface area (Å²) in [5.74, 6) is 0.803. The van der Waals surface area contributed by atoms with Gasteiger partial charge in [-0.1, -0.05) is 30.3 Å². The Morgan fingerprint density at radius 2 is 1.84 bits per heavy atom. The first-order valence-electron chi connectivity index (χ1n) is 10.2. The van der Waals surface area contributed by atoms with Gasteiger partial charge in [-0.05, 0) is 55.3 Å². The Morgan fingerprint density at radius 3 is 2.69 bits per heavy atom. The van der Waals surface area contributed by atoms with Crippen LogP contribution in [0.15, 0.2) is 77.7 Å². The smallest absolute Gasteiger partial charge is 0.262 e. The number of carbonyl (C=O) groups excluding carboxylic acids is 1. The number of nitrogens with one attached hydrogen (secondary N) is 1. The Labute approximate surface area is 185 Å². The lowest BCUT2D eigenvalue weighted by molar-refractivity contribution is -0.118. The van der Waals surface area contributed by atoms with Crippen LogP contribution in [0.5, 0.6) is 11.5 Å². The van der Waals surface area contributed by atoms with E-state index in [-0.39, 0.29) is 24.7 Å². The zero-order valence-corrected chi connectivity index (χ0v) is 17.9. The Bertz CT molecular complexity index is 1330. The van der Waals surface area contributed by atoms with Crippen LogP contribution in [0.25, 0.3) is 5.65 Å². The summed E-state index contributed by atoms with van der Waals surface area (Å²) in [6, 6.07) is 19.8. The summed E-state index contributed by atoms with van der Waals surface area (Å²) < 4.78 is 12.9. The van der Waals surface area contributed by atoms with Crippen LogP contribution in [-0.4, -0.2) is 21.9 Å². The minimum absolute atomic E-state index is 0.0900. The third-order valence-corrected chi connectivity index (χ3v) is 4.84. The van der Waals surface area contributed by atoms with Gasteiger partial charge in [-0.15, -0.1) is 0 Å². The van der Waals surface area contributed by atoms with Crippen LogP contribution >= 0.6 is 0 Å². The predicted molar refractivity (Wildman–Crippen MR) is 122 cm³/mol. The number of anilines is 1. The number of fused-ring (bicyclic) bond motifs is 1. The highest BCUT2D eigenvalue weighted by Gasteiger charge is 2.10. The van der Waals surface area contributed by atoms with Crippen molar-refractivity contribution >= 4 is 17.2 Å². The van der Waals surface area contributed by atoms with Gasteiger partial charge >= 0.3 is 0 Å². The summed E-state index contributed by atoms with van der Waals surface area (Å²) in [5.41, 5.74) is 3.39. The highest BCUT2D eigenvalue weighted by molar-refractivity contribution is 5.93. The first-order chi connectivity index (χ1) is 15.5. The van der Waals surface area contributed by atoms with E-state index in [0.717, 1.165) is 11.1 Å². The maximum absolute atomic E-state index is 12.4. The highest BCUT2D eigenvalue weighted by Crippen LogP contribution is 2.24. The van der Waals surface area contributed by atoms with Crippen LogP contribution in [-0.2, 0) is 11.4 Å². The number of amides is 1. The third kappa shape index (κ3) is 4.95. The van der Waals surface area contributed by atoms with E-state index in [2.05, 4.69) is 10.3 Å². The number of hydrogen-bond acceptors (Lipinski definition) is 5. The van der Waals surface area contributed by atoms with Gasteiger partial charge in [0.2, 0.25) is 0 Å². The van der Waals surface area contributed by atoms with Crippen molar-refractivity contribution in [3.05, 3.63) is 100 Å². The van der Waals surface area contributed by atoms with Gasteiger partial charge in [0.25, 0.3) is 11.5 Å². The van der Waals surface area contributed by atoms with Gasteiger partial charge < -0.3 is 14.8 Å². The maximum atomic E-state index is 12.4. The zero-order valence-electron chi connectivity index (χ0n) is 17.9. The van der Waals surface area contributed by atoms with E-state index in [0.29, 0.717) is 28.5 Å². The molecule has 162 valence electrons. The molecule has 0 radical (unpaired) electrons. The van der Waals surface area contributed by atoms with Crippen molar-refractivity contribution in [3.63, 3.8) is 0 Å². The molecule has 2 aromatic carbocycles. The number of pyridine rings is 1. The van der Waals surface area contributed by atoms with E-state index in [4.69, 9.17) is 9.47 Å². The normalized spacial score (nSPS) is 10.7. The van der Waals surface area contributed by atoms with E-state index in [1.807, 2.05) is 44.2 Å². The summed E-state index contributed by atoms with van der Waals surface area (Å²) in [4.78, 5) is 29.3. The molecule has 0 saturated carbocycles. The number of benzene rings is 2. The maximum Gasteiger partial charge on any atom is 0.262 e. The summed E-state index contributed by atoms with van der Waals surface area (Å²) in [6.45, 7) is 3.82. The van der Waals surface area contributed by atoms with E-state index < -0.39 is 0 Å². The molecule has 1 N–H and O–H groups in total. The molecule has 0 unspecified atom stereocenters. The molecule has 2 heterocycles. The molecule has 0 bridgehead atoms. The van der Waals surface area contributed by atoms with Crippen molar-refractivity contribution in [3.8, 4) is 11.5 Å². The van der Waals surface area contributed by atoms with E-state index in [1.165, 1.54) is 10.5 Å². The van der Waals surface area contributed by atoms with Crippen LogP contribution in [0.4, 0.5) is 5.69 Å². The summed E-state index contributed by atoms with van der Waals surface area (Å²) in [7, 11) is 0. The van der Waals surface area contributed by atoms with Gasteiger partial charge in [-0.25, -0.2) is 4.98 Å². The standard InChI is InChI=1S/C25H23N3O4/c1-17-7-5-9-20(13-17)31-16-23(29)27-21-10-3-4-11-22(21)32-15-19-14-24(30)28-12-6-8-18(2)25(28)26-19/h3-14H,15-16H2,1-2H3,(H,27,29). The Morgan fingerprint density at radius 1 is 1.00 bits per heavy atom. The molecule has 0 fully saturated rings. The van der Waals surface area contributed by atoms with Crippen molar-refractivity contribution in [1.29, 1.82) is 0 Å². The molecule has 0 aliphatic heterocycles. The largest absolute Gasteiger partial charge is 0.485 e. The SMILES string of the molecule is Cc1cccc(OCC(=O)Nc2ccccc2OCc2cc(=O)n3cccc(C)c3n2)c1. The van der Waals surface area contributed by atoms with E-state index >= 15 is 0 Å². The average molecular weight is 429 g/mol. The second-order valence-corrected chi connectivity index (χ2v) is 7.41. The lowest BCUT2D eigenvalue weighted by atomic mass is 10.2. The molecule has 0 aliphatic rings. The fourth-order valence-corrected chi connectivity index (χ4v) is 3.27. The number of nitrogens with zero attached hydrogens (tertiary/aromatic N) is 2. The second-order valence-electron chi connectivity index (χ2n) is 7.41. The fraction of sp³-hybridized carbons (Fsp3) is 0.160. The topological polar surface area (TPSA) is 81.9 Å². The molecule has 2 aromatic heterocycles. The van der Waals surface area contributed by atoms with Gasteiger partial charge in [0.1, 0.15) is 23.8 Å². The van der Waals surface area contributed by atoms with Gasteiger partial charge in [0.15, 0.2) is 6.61 Å². The fourth-order valence-electron chi connectivity index (χ4n) is 3.27. The molecule has 1 amide bonds. The van der Waals surface area contributed by atoms with Crippen molar-refractivity contribution in [1.82, 2.24) is 9.38 Å². The highest BCUT2D eigenvalue weighted by atomic mass is 16.5. The lowest BCUT2D eigenvalue weighted by Crippen LogP contribution is -2.20. The second kappa shape index (κ2) is 9.34. The molecule has 7 nitrogen and oxygen atoms in total. The molecule has 0 saturated heterocycles. The summed E-state index contributed by atoms with van der Waals surface area (Å²) >= 11 is 0. The van der Waals surface area contributed by atoms with Crippen LogP contribution < -0.4 is 20.3 Å². The lowest BCUT2D eigenvalue weighted by Gasteiger charge is -2.13. The molecule has 32 heavy (non-hydrogen) atoms. The number of aromatic nitrogens is 2. The molecule has 0 spiro atoms. The number of ether oxygens (including phenoxy) is 2. The van der Waals surface area contributed by atoms with Gasteiger partial charge in [0, 0.05) is 12.3 Å². The Hall–Kier alpha value is -4.13. The van der Waals surface area contributed by atoms with Crippen molar-refractivity contribution in [2.75, 3.05) is 11.9 Å². The van der Waals surface area contributed by atoms with Crippen LogP contribution in [0.3, 0.4) is 0 Å². The van der Waals surface area contributed by atoms with Crippen LogP contribution in [0, 0.1) is 13.8 Å². The Balaban J connectivity index is 1.43. The van der Waals surface area contributed by atoms with Crippen molar-refractivity contribution < 1.29 is 14.3 Å². The number of para-hydroxylation sites is 2. The quantitative estimate of drug-likeness (QED) is 0.482. The minimum Gasteiger partial charge on any atom is -0.485 e. The molecule has 0 aliphatic carbocycles. The van der Waals surface area contributed by atoms with E-state index in [9.17, 15) is 9.59 Å². The Kier molecular flexibility index (Phi) is 6.17. The number of rotatable bonds is 7. The van der Waals surface area contributed by atoms with Gasteiger partial charge in [0.05, 0.1) is 11.4 Å². The predicted octanol–water partition coefficient (Wildman–Crippen LogP) is 3.91. The van der Waals surface area contributed by atoms with Crippen molar-refractivity contribution in [2.45, 2.75) is 20.5 Å². The monoisotopic (exact) mass is 429 g/mol. The summed E-state index contributed by atoms with van der Waals surface area (Å²) in [5, 5.41) is 2.81. The molecule has 0 atom stereocenters. The first-order valence-corrected chi connectivity index (χ1v) is 10.2. The molecule has 4 rings (SSSR count). The summed E-state index contributed by atoms with van der Waals surface area (Å²) in [6.07, 6.45) is 1.69. The number of carbonyl (C=O) groups is 1. The molecular weight excluding hydrogens is 406 g/mol. The average Bonchev–Trinajstić information content (AvgIpc) is 2.78. The van der Waals surface area contributed by atoms with Crippen LogP contribution in [0.1, 0.15) is 16.8 Å². The number of aryl methyl sites for hydroxylation is 2. The minimum atomic E-state index is -0.305. The van der Waals surface area contributed by atoms with Gasteiger partial charge in [-0.2, -0.15) is 0 Å². The van der Waals surface area contributed by atoms with E-state index in [1.54, 1.807) is 36.5 Å². The van der Waals surface area contributed by atoms with Crippen molar-refractivity contribution in [2.24, 2.45) is 0 Å². The molecular formula is C25H23N3O4. The molecule has 4 aromatic rings. The zero-order chi connectivity index (χ0) is 22.5. The molecule has 7 heteroatoms. The third-order valence-electron chi connectivity index (χ3n) is 4.84. The van der Waals surface area contributed by atoms with Crippen LogP contribution in [0.2, 0.25) is 0 Å². The first kappa shape index (κ1) is 21.1.